The number of carbonyl (C=O) groups excluding carboxylic acids is 2. The lowest BCUT2D eigenvalue weighted by Gasteiger charge is -2.18. The number of hydrogen-bond acceptors (Lipinski definition) is 3. The van der Waals surface area contributed by atoms with E-state index >= 15 is 0 Å². The standard InChI is InChI=1S/C18H22N2O3/c1-11-8-13(3)16(9-12(11)2)14(4)20-18(22)17(21)19-10-15-6-5-7-23-15/h5-9,14H,10H2,1-4H3,(H,19,21)(H,20,22)/t14-/m0/s1. The van der Waals surface area contributed by atoms with Crippen molar-refractivity contribution in [1.29, 1.82) is 0 Å². The van der Waals surface area contributed by atoms with Gasteiger partial charge in [0.05, 0.1) is 18.8 Å². The first kappa shape index (κ1) is 16.8. The Balaban J connectivity index is 1.96. The smallest absolute Gasteiger partial charge is 0.309 e. The molecule has 0 saturated heterocycles. The van der Waals surface area contributed by atoms with Gasteiger partial charge in [-0.3, -0.25) is 9.59 Å². The van der Waals surface area contributed by atoms with Crippen molar-refractivity contribution in [2.45, 2.75) is 40.3 Å². The number of amides is 2. The average Bonchev–Trinajstić information content (AvgIpc) is 3.01. The molecule has 1 heterocycles. The first-order chi connectivity index (χ1) is 10.9. The van der Waals surface area contributed by atoms with Crippen LogP contribution in [-0.4, -0.2) is 11.8 Å². The average molecular weight is 314 g/mol. The summed E-state index contributed by atoms with van der Waals surface area (Å²) in [5.74, 6) is -0.722. The molecule has 0 saturated carbocycles. The Kier molecular flexibility index (Phi) is 5.21. The van der Waals surface area contributed by atoms with Gasteiger partial charge >= 0.3 is 11.8 Å². The number of hydrogen-bond donors (Lipinski definition) is 2. The van der Waals surface area contributed by atoms with Gasteiger partial charge in [0.2, 0.25) is 0 Å². The summed E-state index contributed by atoms with van der Waals surface area (Å²) in [6, 6.07) is 7.36. The van der Waals surface area contributed by atoms with Crippen molar-refractivity contribution in [2.24, 2.45) is 0 Å². The molecule has 0 aliphatic rings. The largest absolute Gasteiger partial charge is 0.467 e. The monoisotopic (exact) mass is 314 g/mol. The van der Waals surface area contributed by atoms with Gasteiger partial charge in [0.25, 0.3) is 0 Å². The van der Waals surface area contributed by atoms with E-state index in [-0.39, 0.29) is 12.6 Å². The van der Waals surface area contributed by atoms with Gasteiger partial charge in [0.1, 0.15) is 5.76 Å². The molecular weight excluding hydrogens is 292 g/mol. The van der Waals surface area contributed by atoms with Gasteiger partial charge in [0.15, 0.2) is 0 Å². The Bertz CT molecular complexity index is 705. The topological polar surface area (TPSA) is 71.3 Å². The molecule has 0 radical (unpaired) electrons. The molecule has 1 aromatic heterocycles. The van der Waals surface area contributed by atoms with Crippen LogP contribution in [0.25, 0.3) is 0 Å². The number of rotatable bonds is 4. The van der Waals surface area contributed by atoms with E-state index in [0.717, 1.165) is 16.7 Å². The lowest BCUT2D eigenvalue weighted by molar-refractivity contribution is -0.139. The van der Waals surface area contributed by atoms with Crippen molar-refractivity contribution in [2.75, 3.05) is 0 Å². The Morgan fingerprint density at radius 1 is 1.09 bits per heavy atom. The minimum absolute atomic E-state index is 0.191. The summed E-state index contributed by atoms with van der Waals surface area (Å²) in [5, 5.41) is 5.26. The molecule has 0 spiro atoms. The van der Waals surface area contributed by atoms with Crippen LogP contribution in [0.4, 0.5) is 0 Å². The molecule has 1 aromatic carbocycles. The molecule has 2 amide bonds. The van der Waals surface area contributed by atoms with E-state index in [4.69, 9.17) is 4.42 Å². The van der Waals surface area contributed by atoms with Crippen LogP contribution < -0.4 is 10.6 Å². The van der Waals surface area contributed by atoms with E-state index in [1.54, 1.807) is 12.1 Å². The van der Waals surface area contributed by atoms with Crippen LogP contribution in [0.3, 0.4) is 0 Å². The van der Waals surface area contributed by atoms with Crippen molar-refractivity contribution >= 4 is 11.8 Å². The quantitative estimate of drug-likeness (QED) is 0.852. The van der Waals surface area contributed by atoms with Gasteiger partial charge < -0.3 is 15.1 Å². The molecule has 0 bridgehead atoms. The molecule has 5 heteroatoms. The first-order valence-electron chi connectivity index (χ1n) is 7.57. The summed E-state index contributed by atoms with van der Waals surface area (Å²) < 4.78 is 5.11. The van der Waals surface area contributed by atoms with E-state index < -0.39 is 11.8 Å². The minimum atomic E-state index is -0.672. The van der Waals surface area contributed by atoms with Crippen LogP contribution in [0.5, 0.6) is 0 Å². The molecule has 0 aliphatic heterocycles. The molecule has 0 aliphatic carbocycles. The third-order valence-corrected chi connectivity index (χ3v) is 3.91. The van der Waals surface area contributed by atoms with Gasteiger partial charge in [-0.2, -0.15) is 0 Å². The van der Waals surface area contributed by atoms with Crippen LogP contribution >= 0.6 is 0 Å². The lowest BCUT2D eigenvalue weighted by Crippen LogP contribution is -2.40. The normalized spacial score (nSPS) is 11.8. The maximum absolute atomic E-state index is 12.0. The van der Waals surface area contributed by atoms with Crippen LogP contribution in [0.1, 0.15) is 41.0 Å². The second kappa shape index (κ2) is 7.13. The van der Waals surface area contributed by atoms with Crippen LogP contribution in [0, 0.1) is 20.8 Å². The van der Waals surface area contributed by atoms with Crippen LogP contribution in [0.2, 0.25) is 0 Å². The van der Waals surface area contributed by atoms with E-state index in [1.165, 1.54) is 11.8 Å². The van der Waals surface area contributed by atoms with Crippen LogP contribution in [-0.2, 0) is 16.1 Å². The zero-order valence-electron chi connectivity index (χ0n) is 13.9. The van der Waals surface area contributed by atoms with Crippen LogP contribution in [0.15, 0.2) is 34.9 Å². The number of aryl methyl sites for hydroxylation is 3. The number of benzene rings is 1. The predicted molar refractivity (Wildman–Crippen MR) is 87.8 cm³/mol. The molecule has 23 heavy (non-hydrogen) atoms. The highest BCUT2D eigenvalue weighted by Gasteiger charge is 2.18. The molecule has 2 N–H and O–H groups in total. The SMILES string of the molecule is Cc1cc(C)c([C@H](C)NC(=O)C(=O)NCc2ccco2)cc1C. The molecule has 0 unspecified atom stereocenters. The van der Waals surface area contributed by atoms with Crippen molar-refractivity contribution in [3.8, 4) is 0 Å². The Morgan fingerprint density at radius 2 is 1.78 bits per heavy atom. The molecular formula is C18H22N2O3. The maximum atomic E-state index is 12.0. The van der Waals surface area contributed by atoms with Crippen molar-refractivity contribution in [3.63, 3.8) is 0 Å². The van der Waals surface area contributed by atoms with Crippen molar-refractivity contribution < 1.29 is 14.0 Å². The summed E-state index contributed by atoms with van der Waals surface area (Å²) in [6.07, 6.45) is 1.52. The minimum Gasteiger partial charge on any atom is -0.467 e. The van der Waals surface area contributed by atoms with Gasteiger partial charge in [-0.25, -0.2) is 0 Å². The Hall–Kier alpha value is -2.56. The second-order valence-corrected chi connectivity index (χ2v) is 5.75. The Labute approximate surface area is 136 Å². The van der Waals surface area contributed by atoms with Gasteiger partial charge in [-0.05, 0) is 62.1 Å². The summed E-state index contributed by atoms with van der Waals surface area (Å²) in [5.41, 5.74) is 4.48. The fraction of sp³-hybridized carbons (Fsp3) is 0.333. The fourth-order valence-corrected chi connectivity index (χ4v) is 2.45. The van der Waals surface area contributed by atoms with Crippen molar-refractivity contribution in [1.82, 2.24) is 10.6 Å². The van der Waals surface area contributed by atoms with Gasteiger partial charge in [-0.1, -0.05) is 12.1 Å². The first-order valence-corrected chi connectivity index (χ1v) is 7.57. The summed E-state index contributed by atoms with van der Waals surface area (Å²) >= 11 is 0. The van der Waals surface area contributed by atoms with E-state index in [9.17, 15) is 9.59 Å². The zero-order chi connectivity index (χ0) is 17.0. The predicted octanol–water partition coefficient (Wildman–Crippen LogP) is 2.70. The van der Waals surface area contributed by atoms with Gasteiger partial charge in [-0.15, -0.1) is 0 Å². The second-order valence-electron chi connectivity index (χ2n) is 5.75. The summed E-state index contributed by atoms with van der Waals surface area (Å²) in [6.45, 7) is 8.15. The van der Waals surface area contributed by atoms with Crippen molar-refractivity contribution in [3.05, 3.63) is 58.5 Å². The van der Waals surface area contributed by atoms with E-state index in [1.807, 2.05) is 20.8 Å². The maximum Gasteiger partial charge on any atom is 0.309 e. The summed E-state index contributed by atoms with van der Waals surface area (Å²) in [4.78, 5) is 23.8. The highest BCUT2D eigenvalue weighted by Crippen LogP contribution is 2.21. The highest BCUT2D eigenvalue weighted by atomic mass is 16.3. The third kappa shape index (κ3) is 4.22. The number of furan rings is 1. The molecule has 122 valence electrons. The molecule has 2 rings (SSSR count). The molecule has 1 atom stereocenters. The summed E-state index contributed by atoms with van der Waals surface area (Å²) in [7, 11) is 0. The fourth-order valence-electron chi connectivity index (χ4n) is 2.45. The zero-order valence-corrected chi connectivity index (χ0v) is 13.9. The molecule has 0 fully saturated rings. The number of carbonyl (C=O) groups is 2. The van der Waals surface area contributed by atoms with E-state index in [2.05, 4.69) is 29.7 Å². The lowest BCUT2D eigenvalue weighted by atomic mass is 9.96. The number of nitrogens with one attached hydrogen (secondary N) is 2. The molecule has 2 aromatic rings. The molecule has 5 nitrogen and oxygen atoms in total. The van der Waals surface area contributed by atoms with Gasteiger partial charge in [0, 0.05) is 0 Å². The van der Waals surface area contributed by atoms with E-state index in [0.29, 0.717) is 5.76 Å². The highest BCUT2D eigenvalue weighted by molar-refractivity contribution is 6.35. The Morgan fingerprint density at radius 3 is 2.43 bits per heavy atom. The third-order valence-electron chi connectivity index (χ3n) is 3.91.